The molecule has 1 aromatic carbocycles. The van der Waals surface area contributed by atoms with Crippen LogP contribution in [-0.2, 0) is 0 Å². The summed E-state index contributed by atoms with van der Waals surface area (Å²) in [6.45, 7) is 3.75. The highest BCUT2D eigenvalue weighted by Gasteiger charge is 2.30. The molecule has 0 saturated carbocycles. The topological polar surface area (TPSA) is 29.3 Å². The van der Waals surface area contributed by atoms with Gasteiger partial charge >= 0.3 is 0 Å². The molecule has 1 fully saturated rings. The molecule has 16 heavy (non-hydrogen) atoms. The molecule has 1 aromatic rings. The first-order valence-electron chi connectivity index (χ1n) is 5.78. The average molecular weight is 222 g/mol. The van der Waals surface area contributed by atoms with E-state index in [9.17, 15) is 4.39 Å². The Morgan fingerprint density at radius 3 is 2.81 bits per heavy atom. The second-order valence-corrected chi connectivity index (χ2v) is 4.79. The van der Waals surface area contributed by atoms with Crippen LogP contribution in [0.4, 0.5) is 4.39 Å². The zero-order chi connectivity index (χ0) is 11.7. The standard InChI is InChI=1S/C13H19FN2/c1-9-5-11(14)3-4-12(9)13-6-10(7-15)8-16(13)2/h3-5,10,13H,6-8,15H2,1-2H3. The molecule has 2 unspecified atom stereocenters. The van der Waals surface area contributed by atoms with Crippen LogP contribution in [0.15, 0.2) is 18.2 Å². The summed E-state index contributed by atoms with van der Waals surface area (Å²) in [6.07, 6.45) is 1.08. The van der Waals surface area contributed by atoms with Crippen molar-refractivity contribution >= 4 is 0 Å². The molecule has 0 aromatic heterocycles. The lowest BCUT2D eigenvalue weighted by atomic mass is 9.96. The smallest absolute Gasteiger partial charge is 0.123 e. The second kappa shape index (κ2) is 4.52. The van der Waals surface area contributed by atoms with Crippen molar-refractivity contribution in [2.75, 3.05) is 20.1 Å². The summed E-state index contributed by atoms with van der Waals surface area (Å²) < 4.78 is 13.0. The number of nitrogens with zero attached hydrogens (tertiary/aromatic N) is 1. The lowest BCUT2D eigenvalue weighted by Crippen LogP contribution is -2.21. The van der Waals surface area contributed by atoms with E-state index in [2.05, 4.69) is 11.9 Å². The summed E-state index contributed by atoms with van der Waals surface area (Å²) in [5, 5.41) is 0. The van der Waals surface area contributed by atoms with E-state index in [0.717, 1.165) is 25.1 Å². The van der Waals surface area contributed by atoms with Crippen molar-refractivity contribution < 1.29 is 4.39 Å². The van der Waals surface area contributed by atoms with Crippen LogP contribution in [0.25, 0.3) is 0 Å². The lowest BCUT2D eigenvalue weighted by molar-refractivity contribution is 0.312. The first-order chi connectivity index (χ1) is 7.61. The van der Waals surface area contributed by atoms with Gasteiger partial charge in [-0.2, -0.15) is 0 Å². The zero-order valence-electron chi connectivity index (χ0n) is 9.91. The van der Waals surface area contributed by atoms with Gasteiger partial charge in [0.15, 0.2) is 0 Å². The van der Waals surface area contributed by atoms with Crippen molar-refractivity contribution in [1.29, 1.82) is 0 Å². The van der Waals surface area contributed by atoms with Gasteiger partial charge in [0.25, 0.3) is 0 Å². The Bertz CT molecular complexity index is 378. The molecule has 0 amide bonds. The van der Waals surface area contributed by atoms with Crippen molar-refractivity contribution in [1.82, 2.24) is 4.90 Å². The number of benzene rings is 1. The van der Waals surface area contributed by atoms with Gasteiger partial charge in [-0.1, -0.05) is 6.07 Å². The second-order valence-electron chi connectivity index (χ2n) is 4.79. The minimum absolute atomic E-state index is 0.155. The predicted molar refractivity (Wildman–Crippen MR) is 63.7 cm³/mol. The predicted octanol–water partition coefficient (Wildman–Crippen LogP) is 2.09. The molecular weight excluding hydrogens is 203 g/mol. The monoisotopic (exact) mass is 222 g/mol. The number of hydrogen-bond acceptors (Lipinski definition) is 2. The third-order valence-electron chi connectivity index (χ3n) is 3.56. The Kier molecular flexibility index (Phi) is 3.26. The van der Waals surface area contributed by atoms with E-state index in [1.165, 1.54) is 5.56 Å². The third kappa shape index (κ3) is 2.11. The van der Waals surface area contributed by atoms with Crippen LogP contribution in [0.5, 0.6) is 0 Å². The molecule has 2 atom stereocenters. The van der Waals surface area contributed by atoms with Gasteiger partial charge < -0.3 is 5.73 Å². The maximum Gasteiger partial charge on any atom is 0.123 e. The zero-order valence-corrected chi connectivity index (χ0v) is 9.91. The number of nitrogens with two attached hydrogens (primary N) is 1. The van der Waals surface area contributed by atoms with Crippen LogP contribution >= 0.6 is 0 Å². The van der Waals surface area contributed by atoms with Crippen molar-refractivity contribution in [3.63, 3.8) is 0 Å². The van der Waals surface area contributed by atoms with Gasteiger partial charge in [-0.25, -0.2) is 4.39 Å². The summed E-state index contributed by atoms with van der Waals surface area (Å²) in [5.41, 5.74) is 7.98. The highest BCUT2D eigenvalue weighted by Crippen LogP contribution is 2.35. The molecule has 88 valence electrons. The van der Waals surface area contributed by atoms with Gasteiger partial charge in [-0.3, -0.25) is 4.90 Å². The molecule has 0 bridgehead atoms. The van der Waals surface area contributed by atoms with Crippen LogP contribution < -0.4 is 5.73 Å². The van der Waals surface area contributed by atoms with Crippen molar-refractivity contribution in [2.24, 2.45) is 11.7 Å². The number of aryl methyl sites for hydroxylation is 1. The van der Waals surface area contributed by atoms with Gasteiger partial charge in [0, 0.05) is 12.6 Å². The molecule has 0 spiro atoms. The van der Waals surface area contributed by atoms with Gasteiger partial charge in [0.1, 0.15) is 5.82 Å². The summed E-state index contributed by atoms with van der Waals surface area (Å²) in [5.74, 6) is 0.414. The third-order valence-corrected chi connectivity index (χ3v) is 3.56. The molecule has 0 aliphatic carbocycles. The highest BCUT2D eigenvalue weighted by molar-refractivity contribution is 5.30. The number of hydrogen-bond donors (Lipinski definition) is 1. The molecule has 1 aliphatic rings. The van der Waals surface area contributed by atoms with Crippen molar-refractivity contribution in [3.05, 3.63) is 35.1 Å². The van der Waals surface area contributed by atoms with E-state index in [4.69, 9.17) is 5.73 Å². The molecule has 1 heterocycles. The van der Waals surface area contributed by atoms with E-state index < -0.39 is 0 Å². The molecule has 1 saturated heterocycles. The molecule has 3 heteroatoms. The fourth-order valence-electron chi connectivity index (χ4n) is 2.65. The maximum atomic E-state index is 13.0. The van der Waals surface area contributed by atoms with Crippen molar-refractivity contribution in [3.8, 4) is 0 Å². The summed E-state index contributed by atoms with van der Waals surface area (Å²) in [7, 11) is 2.11. The molecule has 0 radical (unpaired) electrons. The van der Waals surface area contributed by atoms with Gasteiger partial charge in [0.05, 0.1) is 0 Å². The lowest BCUT2D eigenvalue weighted by Gasteiger charge is -2.21. The van der Waals surface area contributed by atoms with E-state index in [0.29, 0.717) is 12.0 Å². The van der Waals surface area contributed by atoms with E-state index in [1.807, 2.05) is 13.0 Å². The Balaban J connectivity index is 2.24. The summed E-state index contributed by atoms with van der Waals surface area (Å²) in [4.78, 5) is 2.32. The Morgan fingerprint density at radius 2 is 2.25 bits per heavy atom. The van der Waals surface area contributed by atoms with Gasteiger partial charge in [-0.15, -0.1) is 0 Å². The van der Waals surface area contributed by atoms with Crippen LogP contribution in [0.2, 0.25) is 0 Å². The van der Waals surface area contributed by atoms with Crippen LogP contribution in [-0.4, -0.2) is 25.0 Å². The minimum atomic E-state index is -0.155. The Hall–Kier alpha value is -0.930. The van der Waals surface area contributed by atoms with E-state index >= 15 is 0 Å². The van der Waals surface area contributed by atoms with Crippen LogP contribution in [0, 0.1) is 18.7 Å². The number of likely N-dealkylation sites (tertiary alicyclic amines) is 1. The van der Waals surface area contributed by atoms with Crippen molar-refractivity contribution in [2.45, 2.75) is 19.4 Å². The fourth-order valence-corrected chi connectivity index (χ4v) is 2.65. The summed E-state index contributed by atoms with van der Waals surface area (Å²) in [6, 6.07) is 5.46. The normalized spacial score (nSPS) is 26.2. The first-order valence-corrected chi connectivity index (χ1v) is 5.78. The molecule has 2 rings (SSSR count). The van der Waals surface area contributed by atoms with Crippen LogP contribution in [0.1, 0.15) is 23.6 Å². The Labute approximate surface area is 96.2 Å². The largest absolute Gasteiger partial charge is 0.330 e. The number of rotatable bonds is 2. The molecular formula is C13H19FN2. The fraction of sp³-hybridized carbons (Fsp3) is 0.538. The first kappa shape index (κ1) is 11.6. The Morgan fingerprint density at radius 1 is 1.50 bits per heavy atom. The summed E-state index contributed by atoms with van der Waals surface area (Å²) >= 11 is 0. The highest BCUT2D eigenvalue weighted by atomic mass is 19.1. The quantitative estimate of drug-likeness (QED) is 0.830. The molecule has 2 nitrogen and oxygen atoms in total. The number of halogens is 1. The minimum Gasteiger partial charge on any atom is -0.330 e. The SMILES string of the molecule is Cc1cc(F)ccc1C1CC(CN)CN1C. The van der Waals surface area contributed by atoms with E-state index in [1.54, 1.807) is 12.1 Å². The molecule has 2 N–H and O–H groups in total. The van der Waals surface area contributed by atoms with Crippen LogP contribution in [0.3, 0.4) is 0 Å². The maximum absolute atomic E-state index is 13.0. The van der Waals surface area contributed by atoms with E-state index in [-0.39, 0.29) is 5.82 Å². The van der Waals surface area contributed by atoms with Gasteiger partial charge in [-0.05, 0) is 56.1 Å². The molecule has 1 aliphatic heterocycles. The average Bonchev–Trinajstić information content (AvgIpc) is 2.60. The van der Waals surface area contributed by atoms with Gasteiger partial charge in [0.2, 0.25) is 0 Å².